The normalized spacial score (nSPS) is 10.9. The van der Waals surface area contributed by atoms with Crippen LogP contribution in [0.5, 0.6) is 23.0 Å². The van der Waals surface area contributed by atoms with Gasteiger partial charge in [-0.1, -0.05) is 116 Å². The highest BCUT2D eigenvalue weighted by molar-refractivity contribution is 6.52. The van der Waals surface area contributed by atoms with E-state index in [4.69, 9.17) is 125 Å². The van der Waals surface area contributed by atoms with Crippen LogP contribution in [0.3, 0.4) is 0 Å². The molecule has 0 aliphatic rings. The third-order valence-electron chi connectivity index (χ3n) is 5.01. The minimum absolute atomic E-state index is 0.595. The van der Waals surface area contributed by atoms with Gasteiger partial charge >= 0.3 is 23.9 Å². The maximum Gasteiger partial charge on any atom is 0.338 e. The maximum absolute atomic E-state index is 11.8. The average molecular weight is 783 g/mol. The molecule has 0 saturated heterocycles. The predicted molar refractivity (Wildman–Crippen MR) is 157 cm³/mol. The molecule has 0 unspecified atom stereocenters. The fourth-order valence-corrected chi connectivity index (χ4v) is 5.90. The molecular weight excluding hydrogens is 779 g/mol. The summed E-state index contributed by atoms with van der Waals surface area (Å²) in [5.41, 5.74) is -3.85. The van der Waals surface area contributed by atoms with E-state index in [-0.39, 0.29) is 0 Å². The van der Waals surface area contributed by atoms with Crippen molar-refractivity contribution in [3.05, 3.63) is 72.5 Å². The lowest BCUT2D eigenvalue weighted by atomic mass is 10.1. The Kier molecular flexibility index (Phi) is 10.6. The molecule has 222 valence electrons. The van der Waals surface area contributed by atoms with E-state index in [9.17, 15) is 39.6 Å². The number of carboxylic acids is 4. The van der Waals surface area contributed by atoms with Crippen molar-refractivity contribution in [3.8, 4) is 23.0 Å². The highest BCUT2D eigenvalue weighted by atomic mass is 35.5. The summed E-state index contributed by atoms with van der Waals surface area (Å²) in [6.45, 7) is 0. The zero-order chi connectivity index (χ0) is 32.1. The van der Waals surface area contributed by atoms with Crippen LogP contribution in [0.4, 0.5) is 0 Å². The van der Waals surface area contributed by atoms with Gasteiger partial charge in [0, 0.05) is 0 Å². The highest BCUT2D eigenvalue weighted by Gasteiger charge is 2.34. The molecule has 3 rings (SSSR count). The molecule has 0 radical (unpaired) electrons. The van der Waals surface area contributed by atoms with Crippen molar-refractivity contribution in [2.24, 2.45) is 0 Å². The molecule has 0 bridgehead atoms. The quantitative estimate of drug-likeness (QED) is 0.161. The Hall–Kier alpha value is -1.96. The molecule has 0 spiro atoms. The van der Waals surface area contributed by atoms with Gasteiger partial charge in [0.1, 0.15) is 40.2 Å². The third-order valence-corrected chi connectivity index (χ3v) is 9.04. The first-order chi connectivity index (χ1) is 19.4. The van der Waals surface area contributed by atoms with Gasteiger partial charge in [-0.05, 0) is 0 Å². The molecule has 42 heavy (non-hydrogen) atoms. The van der Waals surface area contributed by atoms with E-state index in [1.54, 1.807) is 0 Å². The fourth-order valence-electron chi connectivity index (χ4n) is 3.23. The topological polar surface area (TPSA) is 168 Å². The van der Waals surface area contributed by atoms with Crippen LogP contribution >= 0.6 is 116 Å². The summed E-state index contributed by atoms with van der Waals surface area (Å²) in [6, 6.07) is 0. The monoisotopic (exact) mass is 778 g/mol. The van der Waals surface area contributed by atoms with Crippen LogP contribution in [0.25, 0.3) is 0 Å². The molecule has 0 fully saturated rings. The summed E-state index contributed by atoms with van der Waals surface area (Å²) in [7, 11) is 0. The molecule has 0 atom stereocenters. The first kappa shape index (κ1) is 34.5. The van der Waals surface area contributed by atoms with Crippen LogP contribution in [-0.2, 0) is 0 Å². The highest BCUT2D eigenvalue weighted by Crippen LogP contribution is 2.56. The molecule has 0 saturated carbocycles. The lowest BCUT2D eigenvalue weighted by Gasteiger charge is -2.20. The molecular formula is C22H4Cl10O10. The van der Waals surface area contributed by atoms with Gasteiger partial charge in [-0.15, -0.1) is 0 Å². The fraction of sp³-hybridized carbons (Fsp3) is 0. The number of halogens is 10. The Labute approximate surface area is 282 Å². The zero-order valence-corrected chi connectivity index (χ0v) is 26.6. The smallest absolute Gasteiger partial charge is 0.338 e. The molecule has 0 heterocycles. The van der Waals surface area contributed by atoms with Gasteiger partial charge in [-0.25, -0.2) is 19.2 Å². The van der Waals surface area contributed by atoms with E-state index >= 15 is 0 Å². The van der Waals surface area contributed by atoms with Gasteiger partial charge in [0.15, 0.2) is 23.0 Å². The summed E-state index contributed by atoms with van der Waals surface area (Å²) >= 11 is 61.6. The summed E-state index contributed by atoms with van der Waals surface area (Å²) in [5.74, 6) is -9.77. The Morgan fingerprint density at radius 3 is 0.714 bits per heavy atom. The van der Waals surface area contributed by atoms with Crippen molar-refractivity contribution >= 4 is 140 Å². The molecule has 20 heteroatoms. The van der Waals surface area contributed by atoms with Gasteiger partial charge in [-0.2, -0.15) is 0 Å². The number of carbonyl (C=O) groups is 4. The van der Waals surface area contributed by atoms with Gasteiger partial charge < -0.3 is 29.9 Å². The molecule has 3 aromatic rings. The van der Waals surface area contributed by atoms with Crippen molar-refractivity contribution in [3.63, 3.8) is 0 Å². The molecule has 0 aromatic heterocycles. The molecule has 10 nitrogen and oxygen atoms in total. The summed E-state index contributed by atoms with van der Waals surface area (Å²) < 4.78 is 11.0. The van der Waals surface area contributed by atoms with Crippen molar-refractivity contribution in [1.29, 1.82) is 0 Å². The lowest BCUT2D eigenvalue weighted by molar-refractivity contribution is 0.0651. The van der Waals surface area contributed by atoms with E-state index in [0.29, 0.717) is 0 Å². The lowest BCUT2D eigenvalue weighted by Crippen LogP contribution is -2.11. The Morgan fingerprint density at radius 1 is 0.333 bits per heavy atom. The molecule has 3 aromatic carbocycles. The third kappa shape index (κ3) is 5.90. The van der Waals surface area contributed by atoms with Gasteiger partial charge in [-0.3, -0.25) is 0 Å². The van der Waals surface area contributed by atoms with E-state index < -0.39 is 119 Å². The number of ether oxygens (including phenoxy) is 2. The Morgan fingerprint density at radius 2 is 0.500 bits per heavy atom. The van der Waals surface area contributed by atoms with Crippen LogP contribution in [0.2, 0.25) is 50.2 Å². The van der Waals surface area contributed by atoms with Crippen LogP contribution in [-0.4, -0.2) is 44.3 Å². The average Bonchev–Trinajstić information content (AvgIpc) is 2.89. The Balaban J connectivity index is 2.26. The summed E-state index contributed by atoms with van der Waals surface area (Å²) in [5, 5.41) is 31.0. The Bertz CT molecular complexity index is 1600. The SMILES string of the molecule is O=C(O)c1c(Cl)c(Cl)c(Oc2c(Cl)c(Cl)c(Oc3c(Cl)c(Cl)c(C(=O)O)c(C(=O)O)c3Cl)c(Cl)c2Cl)c(Cl)c1C(=O)O. The standard InChI is InChI=1S/C22H4Cl10O10/c23-5-1(19(33)34)3(21(37)38)7(25)15(9(5)27)41-17-11(29)13(31)18(14(32)12(17)30)42-16-8(26)4(22(39)40)2(20(35)36)6(24)10(16)28/h(H,33,34)(H,35,36)(H,37,38)(H,39,40). The second kappa shape index (κ2) is 13.0. The number of aromatic carboxylic acids is 4. The van der Waals surface area contributed by atoms with Crippen molar-refractivity contribution in [2.75, 3.05) is 0 Å². The van der Waals surface area contributed by atoms with Crippen molar-refractivity contribution in [2.45, 2.75) is 0 Å². The second-order valence-electron chi connectivity index (χ2n) is 7.38. The molecule has 0 amide bonds. The minimum Gasteiger partial charge on any atom is -0.478 e. The zero-order valence-electron chi connectivity index (χ0n) is 19.0. The molecule has 0 aliphatic heterocycles. The number of benzene rings is 3. The largest absolute Gasteiger partial charge is 0.478 e. The molecule has 4 N–H and O–H groups in total. The first-order valence-corrected chi connectivity index (χ1v) is 13.7. The summed E-state index contributed by atoms with van der Waals surface area (Å²) in [6.07, 6.45) is 0. The van der Waals surface area contributed by atoms with Crippen LogP contribution in [0, 0.1) is 0 Å². The summed E-state index contributed by atoms with van der Waals surface area (Å²) in [4.78, 5) is 46.7. The van der Waals surface area contributed by atoms with Crippen LogP contribution in [0.15, 0.2) is 0 Å². The van der Waals surface area contributed by atoms with E-state index in [2.05, 4.69) is 0 Å². The number of hydrogen-bond donors (Lipinski definition) is 4. The second-order valence-corrected chi connectivity index (χ2v) is 11.2. The number of carboxylic acid groups (broad SMARTS) is 4. The van der Waals surface area contributed by atoms with Gasteiger partial charge in [0.2, 0.25) is 0 Å². The minimum atomic E-state index is -1.81. The first-order valence-electron chi connectivity index (χ1n) is 9.92. The number of hydrogen-bond acceptors (Lipinski definition) is 6. The maximum atomic E-state index is 11.8. The van der Waals surface area contributed by atoms with Crippen LogP contribution in [0.1, 0.15) is 41.4 Å². The molecule has 0 aliphatic carbocycles. The van der Waals surface area contributed by atoms with E-state index in [1.807, 2.05) is 0 Å². The van der Waals surface area contributed by atoms with Crippen molar-refractivity contribution < 1.29 is 49.1 Å². The van der Waals surface area contributed by atoms with E-state index in [0.717, 1.165) is 0 Å². The van der Waals surface area contributed by atoms with Gasteiger partial charge in [0.05, 0.1) is 32.3 Å². The van der Waals surface area contributed by atoms with Crippen LogP contribution < -0.4 is 9.47 Å². The number of rotatable bonds is 8. The van der Waals surface area contributed by atoms with Gasteiger partial charge in [0.25, 0.3) is 0 Å². The van der Waals surface area contributed by atoms with E-state index in [1.165, 1.54) is 0 Å². The van der Waals surface area contributed by atoms with Crippen molar-refractivity contribution in [1.82, 2.24) is 0 Å². The predicted octanol–water partition coefficient (Wildman–Crippen LogP) is 10.6.